The van der Waals surface area contributed by atoms with E-state index in [2.05, 4.69) is 0 Å². The second-order valence-corrected chi connectivity index (χ2v) is 9.73. The zero-order valence-electron chi connectivity index (χ0n) is 18.8. The molecule has 2 aromatic rings. The van der Waals surface area contributed by atoms with E-state index >= 15 is 0 Å². The fourth-order valence-electron chi connectivity index (χ4n) is 5.60. The van der Waals surface area contributed by atoms with Gasteiger partial charge in [0.2, 0.25) is 0 Å². The highest BCUT2D eigenvalue weighted by Gasteiger charge is 2.40. The highest BCUT2D eigenvalue weighted by atomic mass is 16.5. The van der Waals surface area contributed by atoms with Gasteiger partial charge in [0, 0.05) is 18.3 Å². The SMILES string of the molecule is O=C1CCCCC(CC2CCCOC2=O)c2oc(=O)c(C(c3ccccc3)C3CC3)c(O)c21. The van der Waals surface area contributed by atoms with Gasteiger partial charge in [-0.3, -0.25) is 9.59 Å². The molecular formula is C27H30O6. The van der Waals surface area contributed by atoms with Crippen LogP contribution in [-0.2, 0) is 9.53 Å². The van der Waals surface area contributed by atoms with Crippen LogP contribution >= 0.6 is 0 Å². The number of hydrogen-bond donors (Lipinski definition) is 1. The Kier molecular flexibility index (Phi) is 6.09. The second-order valence-electron chi connectivity index (χ2n) is 9.73. The van der Waals surface area contributed by atoms with Crippen molar-refractivity contribution in [2.24, 2.45) is 11.8 Å². The third kappa shape index (κ3) is 4.35. The minimum atomic E-state index is -0.573. The number of carbonyl (C=O) groups is 2. The van der Waals surface area contributed by atoms with Gasteiger partial charge in [0.25, 0.3) is 0 Å². The van der Waals surface area contributed by atoms with Crippen molar-refractivity contribution in [2.45, 2.75) is 69.6 Å². The molecule has 174 valence electrons. The van der Waals surface area contributed by atoms with Crippen molar-refractivity contribution >= 4 is 11.8 Å². The summed E-state index contributed by atoms with van der Waals surface area (Å²) < 4.78 is 11.1. The van der Waals surface area contributed by atoms with E-state index < -0.39 is 5.63 Å². The number of ether oxygens (including phenoxy) is 1. The number of ketones is 1. The molecule has 0 spiro atoms. The van der Waals surface area contributed by atoms with Crippen LogP contribution in [0.3, 0.4) is 0 Å². The minimum absolute atomic E-state index is 0.153. The lowest BCUT2D eigenvalue weighted by Gasteiger charge is -2.28. The number of fused-ring (bicyclic) bond motifs is 1. The maximum Gasteiger partial charge on any atom is 0.343 e. The molecule has 3 unspecified atom stereocenters. The molecule has 6 nitrogen and oxygen atoms in total. The van der Waals surface area contributed by atoms with E-state index in [1.165, 1.54) is 0 Å². The quantitative estimate of drug-likeness (QED) is 0.639. The Hall–Kier alpha value is -2.89. The summed E-state index contributed by atoms with van der Waals surface area (Å²) in [6, 6.07) is 9.67. The van der Waals surface area contributed by atoms with Crippen LogP contribution < -0.4 is 5.63 Å². The molecule has 5 rings (SSSR count). The molecule has 1 N–H and O–H groups in total. The number of cyclic esters (lactones) is 1. The lowest BCUT2D eigenvalue weighted by Crippen LogP contribution is -2.27. The summed E-state index contributed by atoms with van der Waals surface area (Å²) in [5.74, 6) is -0.973. The van der Waals surface area contributed by atoms with Crippen LogP contribution in [0.25, 0.3) is 0 Å². The number of carbonyl (C=O) groups excluding carboxylic acids is 2. The largest absolute Gasteiger partial charge is 0.506 e. The van der Waals surface area contributed by atoms with Crippen LogP contribution in [0, 0.1) is 11.8 Å². The van der Waals surface area contributed by atoms with Gasteiger partial charge < -0.3 is 14.3 Å². The Balaban J connectivity index is 1.60. The first-order chi connectivity index (χ1) is 16.0. The first kappa shape index (κ1) is 21.9. The zero-order valence-corrected chi connectivity index (χ0v) is 18.8. The molecule has 3 atom stereocenters. The van der Waals surface area contributed by atoms with Crippen LogP contribution in [0.5, 0.6) is 5.75 Å². The maximum atomic E-state index is 13.3. The van der Waals surface area contributed by atoms with Gasteiger partial charge in [-0.1, -0.05) is 36.8 Å². The molecule has 2 aliphatic carbocycles. The average molecular weight is 451 g/mol. The van der Waals surface area contributed by atoms with Crippen LogP contribution in [-0.4, -0.2) is 23.5 Å². The van der Waals surface area contributed by atoms with Gasteiger partial charge in [0.15, 0.2) is 5.78 Å². The first-order valence-corrected chi connectivity index (χ1v) is 12.2. The number of benzene rings is 1. The average Bonchev–Trinajstić information content (AvgIpc) is 3.64. The Morgan fingerprint density at radius 2 is 1.70 bits per heavy atom. The number of hydrogen-bond acceptors (Lipinski definition) is 6. The van der Waals surface area contributed by atoms with E-state index in [-0.39, 0.29) is 58.1 Å². The van der Waals surface area contributed by atoms with Crippen molar-refractivity contribution in [2.75, 3.05) is 6.61 Å². The Morgan fingerprint density at radius 1 is 0.939 bits per heavy atom. The standard InChI is InChI=1S/C27H30O6/c28-20-11-5-4-9-18(15-19-10-6-14-32-26(19)30)25-22(20)24(29)23(27(31)33-25)21(17-12-13-17)16-7-2-1-3-8-16/h1-3,7-8,17-19,21,29H,4-6,9-15H2. The smallest absolute Gasteiger partial charge is 0.343 e. The van der Waals surface area contributed by atoms with Crippen molar-refractivity contribution < 1.29 is 23.8 Å². The Morgan fingerprint density at radius 3 is 2.42 bits per heavy atom. The van der Waals surface area contributed by atoms with Crippen LogP contribution in [0.15, 0.2) is 39.5 Å². The summed E-state index contributed by atoms with van der Waals surface area (Å²) in [4.78, 5) is 38.8. The molecule has 2 fully saturated rings. The summed E-state index contributed by atoms with van der Waals surface area (Å²) in [7, 11) is 0. The van der Waals surface area contributed by atoms with Gasteiger partial charge in [-0.05, 0) is 56.4 Å². The zero-order chi connectivity index (χ0) is 22.9. The van der Waals surface area contributed by atoms with Crippen molar-refractivity contribution in [3.05, 3.63) is 63.2 Å². The summed E-state index contributed by atoms with van der Waals surface area (Å²) >= 11 is 0. The van der Waals surface area contributed by atoms with E-state index in [0.29, 0.717) is 32.3 Å². The molecule has 0 amide bonds. The molecule has 1 aliphatic heterocycles. The summed E-state index contributed by atoms with van der Waals surface area (Å²) in [6.45, 7) is 0.441. The van der Waals surface area contributed by atoms with Gasteiger partial charge in [-0.2, -0.15) is 0 Å². The van der Waals surface area contributed by atoms with Crippen molar-refractivity contribution in [1.82, 2.24) is 0 Å². The Labute approximate surface area is 193 Å². The maximum absolute atomic E-state index is 13.3. The van der Waals surface area contributed by atoms with E-state index in [9.17, 15) is 19.5 Å². The highest BCUT2D eigenvalue weighted by Crippen LogP contribution is 2.49. The summed E-state index contributed by atoms with van der Waals surface area (Å²) in [5, 5.41) is 11.4. The van der Waals surface area contributed by atoms with E-state index in [4.69, 9.17) is 9.15 Å². The minimum Gasteiger partial charge on any atom is -0.506 e. The lowest BCUT2D eigenvalue weighted by atomic mass is 9.80. The Bertz CT molecular complexity index is 1100. The second kappa shape index (κ2) is 9.16. The first-order valence-electron chi connectivity index (χ1n) is 12.2. The molecular weight excluding hydrogens is 420 g/mol. The lowest BCUT2D eigenvalue weighted by molar-refractivity contribution is -0.153. The monoisotopic (exact) mass is 450 g/mol. The molecule has 0 radical (unpaired) electrons. The van der Waals surface area contributed by atoms with Gasteiger partial charge in [0.1, 0.15) is 11.5 Å². The molecule has 0 bridgehead atoms. The normalized spacial score (nSPS) is 24.4. The van der Waals surface area contributed by atoms with Crippen molar-refractivity contribution in [3.8, 4) is 5.75 Å². The highest BCUT2D eigenvalue weighted by molar-refractivity contribution is 6.00. The van der Waals surface area contributed by atoms with Crippen LogP contribution in [0.1, 0.15) is 96.9 Å². The van der Waals surface area contributed by atoms with Gasteiger partial charge in [-0.15, -0.1) is 0 Å². The number of rotatable bonds is 5. The summed E-state index contributed by atoms with van der Waals surface area (Å²) in [6.07, 6.45) is 6.47. The number of aromatic hydroxyl groups is 1. The molecule has 1 saturated heterocycles. The van der Waals surface area contributed by atoms with E-state index in [0.717, 1.165) is 37.7 Å². The van der Waals surface area contributed by atoms with Gasteiger partial charge >= 0.3 is 11.6 Å². The molecule has 2 heterocycles. The van der Waals surface area contributed by atoms with E-state index in [1.54, 1.807) is 0 Å². The van der Waals surface area contributed by atoms with Gasteiger partial charge in [0.05, 0.1) is 23.7 Å². The van der Waals surface area contributed by atoms with Crippen molar-refractivity contribution in [1.29, 1.82) is 0 Å². The molecule has 3 aliphatic rings. The van der Waals surface area contributed by atoms with Gasteiger partial charge in [-0.25, -0.2) is 4.79 Å². The van der Waals surface area contributed by atoms with Crippen molar-refractivity contribution in [3.63, 3.8) is 0 Å². The number of esters is 1. The molecule has 6 heteroatoms. The van der Waals surface area contributed by atoms with E-state index in [1.807, 2.05) is 30.3 Å². The molecule has 1 aromatic carbocycles. The summed E-state index contributed by atoms with van der Waals surface area (Å²) in [5.41, 5.74) is 0.728. The third-order valence-electron chi connectivity index (χ3n) is 7.42. The number of Topliss-reactive ketones (excluding diaryl/α,β-unsaturated/α-hetero) is 1. The fourth-order valence-corrected chi connectivity index (χ4v) is 5.60. The topological polar surface area (TPSA) is 93.8 Å². The molecule has 33 heavy (non-hydrogen) atoms. The molecule has 1 saturated carbocycles. The predicted octanol–water partition coefficient (Wildman–Crippen LogP) is 5.07. The third-order valence-corrected chi connectivity index (χ3v) is 7.42. The predicted molar refractivity (Wildman–Crippen MR) is 121 cm³/mol. The van der Waals surface area contributed by atoms with Crippen LogP contribution in [0.2, 0.25) is 0 Å². The van der Waals surface area contributed by atoms with Crippen LogP contribution in [0.4, 0.5) is 0 Å². The molecule has 1 aromatic heterocycles. The fraction of sp³-hybridized carbons (Fsp3) is 0.519.